The molecular formula is C18H18O5. The number of para-hydroxylation sites is 2. The van der Waals surface area contributed by atoms with Gasteiger partial charge in [0.25, 0.3) is 0 Å². The topological polar surface area (TPSA) is 54.0 Å². The Morgan fingerprint density at radius 3 is 2.65 bits per heavy atom. The van der Waals surface area contributed by atoms with Crippen LogP contribution in [-0.2, 0) is 4.74 Å². The minimum Gasteiger partial charge on any atom is -0.493 e. The average Bonchev–Trinajstić information content (AvgIpc) is 2.61. The molecule has 0 N–H and O–H groups in total. The molecule has 0 saturated heterocycles. The Morgan fingerprint density at radius 1 is 1.13 bits per heavy atom. The van der Waals surface area contributed by atoms with Crippen molar-refractivity contribution in [2.24, 2.45) is 0 Å². The summed E-state index contributed by atoms with van der Waals surface area (Å²) < 4.78 is 21.8. The standard InChI is InChI=1S/C18H18O5/c1-20-15-5-3-4-6-16(15)23-14-9-10-22-17-11-12(18(19)21-2)7-8-13(14)17/h3-8,11,14H,9-10H2,1-2H3. The van der Waals surface area contributed by atoms with E-state index in [9.17, 15) is 4.79 Å². The number of methoxy groups -OCH3 is 2. The SMILES string of the molecule is COC(=O)c1ccc2c(c1)OCCC2Oc1ccccc1OC. The van der Waals surface area contributed by atoms with E-state index >= 15 is 0 Å². The predicted molar refractivity (Wildman–Crippen MR) is 84.3 cm³/mol. The van der Waals surface area contributed by atoms with E-state index in [4.69, 9.17) is 18.9 Å². The zero-order valence-electron chi connectivity index (χ0n) is 13.1. The summed E-state index contributed by atoms with van der Waals surface area (Å²) >= 11 is 0. The summed E-state index contributed by atoms with van der Waals surface area (Å²) in [5.41, 5.74) is 1.37. The first-order valence-corrected chi connectivity index (χ1v) is 7.37. The second kappa shape index (κ2) is 6.60. The van der Waals surface area contributed by atoms with Gasteiger partial charge in [0, 0.05) is 12.0 Å². The van der Waals surface area contributed by atoms with E-state index in [1.165, 1.54) is 7.11 Å². The normalized spacial score (nSPS) is 16.0. The molecule has 0 bridgehead atoms. The molecule has 0 aliphatic carbocycles. The van der Waals surface area contributed by atoms with E-state index in [0.717, 1.165) is 12.0 Å². The second-order valence-electron chi connectivity index (χ2n) is 5.14. The largest absolute Gasteiger partial charge is 0.493 e. The lowest BCUT2D eigenvalue weighted by molar-refractivity contribution is 0.0599. The maximum absolute atomic E-state index is 11.6. The van der Waals surface area contributed by atoms with Crippen LogP contribution >= 0.6 is 0 Å². The molecule has 5 nitrogen and oxygen atoms in total. The quantitative estimate of drug-likeness (QED) is 0.810. The molecule has 0 spiro atoms. The molecule has 2 aromatic carbocycles. The minimum absolute atomic E-state index is 0.151. The Bertz CT molecular complexity index is 710. The molecule has 1 unspecified atom stereocenters. The van der Waals surface area contributed by atoms with Crippen molar-refractivity contribution in [2.75, 3.05) is 20.8 Å². The molecule has 0 amide bonds. The summed E-state index contributed by atoms with van der Waals surface area (Å²) in [5, 5.41) is 0. The van der Waals surface area contributed by atoms with Gasteiger partial charge in [-0.2, -0.15) is 0 Å². The maximum Gasteiger partial charge on any atom is 0.337 e. The van der Waals surface area contributed by atoms with Crippen LogP contribution in [0.25, 0.3) is 0 Å². The van der Waals surface area contributed by atoms with Crippen molar-refractivity contribution in [3.05, 3.63) is 53.6 Å². The van der Waals surface area contributed by atoms with Gasteiger partial charge in [-0.3, -0.25) is 0 Å². The van der Waals surface area contributed by atoms with Gasteiger partial charge in [-0.05, 0) is 24.3 Å². The first-order valence-electron chi connectivity index (χ1n) is 7.37. The molecule has 3 rings (SSSR count). The fraction of sp³-hybridized carbons (Fsp3) is 0.278. The molecule has 23 heavy (non-hydrogen) atoms. The lowest BCUT2D eigenvalue weighted by atomic mass is 10.0. The van der Waals surface area contributed by atoms with Gasteiger partial charge in [0.15, 0.2) is 11.5 Å². The Hall–Kier alpha value is -2.69. The van der Waals surface area contributed by atoms with Crippen LogP contribution in [0, 0.1) is 0 Å². The number of benzene rings is 2. The van der Waals surface area contributed by atoms with E-state index in [2.05, 4.69) is 0 Å². The van der Waals surface area contributed by atoms with Gasteiger partial charge >= 0.3 is 5.97 Å². The first kappa shape index (κ1) is 15.2. The van der Waals surface area contributed by atoms with Crippen LogP contribution < -0.4 is 14.2 Å². The highest BCUT2D eigenvalue weighted by Gasteiger charge is 2.25. The third-order valence-corrected chi connectivity index (χ3v) is 3.76. The summed E-state index contributed by atoms with van der Waals surface area (Å²) in [6, 6.07) is 12.8. The Labute approximate surface area is 134 Å². The van der Waals surface area contributed by atoms with Crippen LogP contribution in [0.2, 0.25) is 0 Å². The number of hydrogen-bond donors (Lipinski definition) is 0. The van der Waals surface area contributed by atoms with Crippen LogP contribution in [-0.4, -0.2) is 26.8 Å². The van der Waals surface area contributed by atoms with E-state index in [0.29, 0.717) is 29.4 Å². The molecule has 1 atom stereocenters. The van der Waals surface area contributed by atoms with Crippen molar-refractivity contribution < 1.29 is 23.7 Å². The lowest BCUT2D eigenvalue weighted by Gasteiger charge is -2.27. The van der Waals surface area contributed by atoms with E-state index in [1.54, 1.807) is 19.2 Å². The second-order valence-corrected chi connectivity index (χ2v) is 5.14. The fourth-order valence-corrected chi connectivity index (χ4v) is 2.59. The number of hydrogen-bond acceptors (Lipinski definition) is 5. The molecule has 5 heteroatoms. The van der Waals surface area contributed by atoms with Gasteiger partial charge in [-0.15, -0.1) is 0 Å². The third kappa shape index (κ3) is 3.08. The summed E-state index contributed by atoms with van der Waals surface area (Å²) in [6.07, 6.45) is 0.574. The van der Waals surface area contributed by atoms with Crippen molar-refractivity contribution in [3.8, 4) is 17.2 Å². The number of esters is 1. The predicted octanol–water partition coefficient (Wildman–Crippen LogP) is 3.38. The number of ether oxygens (including phenoxy) is 4. The molecule has 1 heterocycles. The molecule has 2 aromatic rings. The van der Waals surface area contributed by atoms with Gasteiger partial charge in [0.1, 0.15) is 11.9 Å². The monoisotopic (exact) mass is 314 g/mol. The first-order chi connectivity index (χ1) is 11.2. The van der Waals surface area contributed by atoms with Crippen LogP contribution in [0.1, 0.15) is 28.4 Å². The van der Waals surface area contributed by atoms with Gasteiger partial charge in [0.2, 0.25) is 0 Å². The summed E-state index contributed by atoms with van der Waals surface area (Å²) in [4.78, 5) is 11.6. The van der Waals surface area contributed by atoms with Crippen LogP contribution in [0.4, 0.5) is 0 Å². The van der Waals surface area contributed by atoms with Crippen LogP contribution in [0.15, 0.2) is 42.5 Å². The summed E-state index contributed by atoms with van der Waals surface area (Å²) in [5.74, 6) is 1.64. The molecule has 0 radical (unpaired) electrons. The maximum atomic E-state index is 11.6. The molecule has 1 aliphatic rings. The third-order valence-electron chi connectivity index (χ3n) is 3.76. The van der Waals surface area contributed by atoms with Gasteiger partial charge in [-0.1, -0.05) is 18.2 Å². The van der Waals surface area contributed by atoms with Crippen LogP contribution in [0.5, 0.6) is 17.2 Å². The van der Waals surface area contributed by atoms with Gasteiger partial charge in [-0.25, -0.2) is 4.79 Å². The summed E-state index contributed by atoms with van der Waals surface area (Å²) in [6.45, 7) is 0.525. The highest BCUT2D eigenvalue weighted by Crippen LogP contribution is 2.38. The highest BCUT2D eigenvalue weighted by molar-refractivity contribution is 5.90. The van der Waals surface area contributed by atoms with Crippen molar-refractivity contribution in [1.29, 1.82) is 0 Å². The van der Waals surface area contributed by atoms with Gasteiger partial charge in [0.05, 0.1) is 26.4 Å². The van der Waals surface area contributed by atoms with Crippen molar-refractivity contribution >= 4 is 5.97 Å². The van der Waals surface area contributed by atoms with E-state index < -0.39 is 0 Å². The van der Waals surface area contributed by atoms with Crippen molar-refractivity contribution in [1.82, 2.24) is 0 Å². The van der Waals surface area contributed by atoms with E-state index in [1.807, 2.05) is 30.3 Å². The van der Waals surface area contributed by atoms with Gasteiger partial charge < -0.3 is 18.9 Å². The highest BCUT2D eigenvalue weighted by atomic mass is 16.5. The smallest absolute Gasteiger partial charge is 0.337 e. The zero-order chi connectivity index (χ0) is 16.2. The lowest BCUT2D eigenvalue weighted by Crippen LogP contribution is -2.19. The number of fused-ring (bicyclic) bond motifs is 1. The zero-order valence-corrected chi connectivity index (χ0v) is 13.1. The molecule has 1 aliphatic heterocycles. The number of rotatable bonds is 4. The van der Waals surface area contributed by atoms with Crippen molar-refractivity contribution in [2.45, 2.75) is 12.5 Å². The minimum atomic E-state index is -0.385. The Balaban J connectivity index is 1.88. The molecule has 0 fully saturated rings. The van der Waals surface area contributed by atoms with E-state index in [-0.39, 0.29) is 12.1 Å². The summed E-state index contributed by atoms with van der Waals surface area (Å²) in [7, 11) is 2.97. The Kier molecular flexibility index (Phi) is 4.37. The molecule has 0 saturated carbocycles. The van der Waals surface area contributed by atoms with Crippen molar-refractivity contribution in [3.63, 3.8) is 0 Å². The molecule has 120 valence electrons. The number of carbonyl (C=O) groups excluding carboxylic acids is 1. The Morgan fingerprint density at radius 2 is 1.91 bits per heavy atom. The molecule has 0 aromatic heterocycles. The van der Waals surface area contributed by atoms with Crippen LogP contribution in [0.3, 0.4) is 0 Å². The fourth-order valence-electron chi connectivity index (χ4n) is 2.59. The average molecular weight is 314 g/mol. The molecular weight excluding hydrogens is 296 g/mol. The number of carbonyl (C=O) groups is 1.